The average molecular weight is 371 g/mol. The zero-order valence-electron chi connectivity index (χ0n) is 16.1. The zero-order chi connectivity index (χ0) is 19.5. The fourth-order valence-corrected chi connectivity index (χ4v) is 3.77. The van der Waals surface area contributed by atoms with Crippen molar-refractivity contribution < 1.29 is 0 Å². The van der Waals surface area contributed by atoms with E-state index in [4.69, 9.17) is 0 Å². The van der Waals surface area contributed by atoms with Gasteiger partial charge < -0.3 is 4.90 Å². The van der Waals surface area contributed by atoms with E-state index in [1.165, 1.54) is 21.9 Å². The molecule has 0 saturated carbocycles. The van der Waals surface area contributed by atoms with Crippen LogP contribution >= 0.6 is 0 Å². The molecule has 0 radical (unpaired) electrons. The summed E-state index contributed by atoms with van der Waals surface area (Å²) in [6.45, 7) is 0. The molecule has 0 atom stereocenters. The van der Waals surface area contributed by atoms with Gasteiger partial charge in [-0.15, -0.1) is 0 Å². The van der Waals surface area contributed by atoms with Crippen LogP contribution in [0.2, 0.25) is 0 Å². The first-order valence-corrected chi connectivity index (χ1v) is 9.88. The third-order valence-corrected chi connectivity index (χ3v) is 5.24. The summed E-state index contributed by atoms with van der Waals surface area (Å²) in [5.74, 6) is 0. The first kappa shape index (κ1) is 17.3. The molecular weight excluding hydrogens is 350 g/mol. The molecule has 0 aliphatic heterocycles. The van der Waals surface area contributed by atoms with Gasteiger partial charge >= 0.3 is 0 Å². The average Bonchev–Trinajstić information content (AvgIpc) is 2.81. The molecule has 0 spiro atoms. The van der Waals surface area contributed by atoms with Gasteiger partial charge in [0.15, 0.2) is 0 Å². The summed E-state index contributed by atoms with van der Waals surface area (Å²) in [4.78, 5) is 2.31. The number of benzene rings is 5. The van der Waals surface area contributed by atoms with Crippen molar-refractivity contribution in [1.29, 1.82) is 0 Å². The van der Waals surface area contributed by atoms with Crippen molar-refractivity contribution >= 4 is 27.8 Å². The van der Waals surface area contributed by atoms with E-state index in [9.17, 15) is 0 Å². The maximum Gasteiger partial charge on any atom is 0.0468 e. The Morgan fingerprint density at radius 1 is 0.345 bits per heavy atom. The molecule has 1 nitrogen and oxygen atoms in total. The molecule has 5 rings (SSSR count). The van der Waals surface area contributed by atoms with Gasteiger partial charge in [0.05, 0.1) is 0 Å². The second kappa shape index (κ2) is 7.65. The van der Waals surface area contributed by atoms with Gasteiger partial charge in [-0.05, 0) is 58.3 Å². The van der Waals surface area contributed by atoms with Crippen LogP contribution in [0, 0.1) is 0 Å². The molecule has 0 aromatic heterocycles. The Kier molecular flexibility index (Phi) is 4.56. The smallest absolute Gasteiger partial charge is 0.0468 e. The van der Waals surface area contributed by atoms with E-state index in [1.54, 1.807) is 0 Å². The topological polar surface area (TPSA) is 3.24 Å². The van der Waals surface area contributed by atoms with Gasteiger partial charge in [-0.1, -0.05) is 91.0 Å². The van der Waals surface area contributed by atoms with Crippen LogP contribution in [-0.2, 0) is 0 Å². The normalized spacial score (nSPS) is 10.8. The molecule has 5 aromatic carbocycles. The maximum atomic E-state index is 2.31. The van der Waals surface area contributed by atoms with Crippen LogP contribution in [0.1, 0.15) is 0 Å². The molecule has 0 unspecified atom stereocenters. The molecule has 0 amide bonds. The minimum absolute atomic E-state index is 1.14. The number of rotatable bonds is 4. The van der Waals surface area contributed by atoms with Crippen molar-refractivity contribution in [2.75, 3.05) is 4.90 Å². The summed E-state index contributed by atoms with van der Waals surface area (Å²) in [6, 6.07) is 45.0. The lowest BCUT2D eigenvalue weighted by atomic mass is 10.0. The number of hydrogen-bond acceptors (Lipinski definition) is 1. The van der Waals surface area contributed by atoms with Gasteiger partial charge in [-0.2, -0.15) is 0 Å². The highest BCUT2D eigenvalue weighted by molar-refractivity contribution is 5.89. The minimum Gasteiger partial charge on any atom is -0.310 e. The van der Waals surface area contributed by atoms with Crippen molar-refractivity contribution in [3.05, 3.63) is 127 Å². The Morgan fingerprint density at radius 2 is 0.862 bits per heavy atom. The third-order valence-electron chi connectivity index (χ3n) is 5.24. The summed E-state index contributed by atoms with van der Waals surface area (Å²) in [5, 5.41) is 2.50. The molecule has 0 aliphatic carbocycles. The van der Waals surface area contributed by atoms with Crippen molar-refractivity contribution in [3.8, 4) is 11.1 Å². The first-order valence-electron chi connectivity index (χ1n) is 9.88. The van der Waals surface area contributed by atoms with E-state index in [0.717, 1.165) is 17.1 Å². The van der Waals surface area contributed by atoms with E-state index in [1.807, 2.05) is 0 Å². The summed E-state index contributed by atoms with van der Waals surface area (Å²) >= 11 is 0. The number of para-hydroxylation sites is 1. The lowest BCUT2D eigenvalue weighted by Gasteiger charge is -2.26. The molecule has 138 valence electrons. The predicted molar refractivity (Wildman–Crippen MR) is 124 cm³/mol. The van der Waals surface area contributed by atoms with Crippen molar-refractivity contribution in [1.82, 2.24) is 0 Å². The Labute approximate surface area is 171 Å². The van der Waals surface area contributed by atoms with E-state index >= 15 is 0 Å². The quantitative estimate of drug-likeness (QED) is 0.309. The number of anilines is 3. The second-order valence-corrected chi connectivity index (χ2v) is 7.12. The SMILES string of the molecule is c1ccc(-c2ccc(N(c3ccccc3)c3ccc4ccccc4c3)cc2)cc1. The van der Waals surface area contributed by atoms with Crippen LogP contribution in [0.3, 0.4) is 0 Å². The van der Waals surface area contributed by atoms with Crippen LogP contribution in [0.15, 0.2) is 127 Å². The second-order valence-electron chi connectivity index (χ2n) is 7.12. The molecule has 0 saturated heterocycles. The Bertz CT molecular complexity index is 1230. The van der Waals surface area contributed by atoms with Crippen LogP contribution in [-0.4, -0.2) is 0 Å². The van der Waals surface area contributed by atoms with Gasteiger partial charge in [-0.25, -0.2) is 0 Å². The van der Waals surface area contributed by atoms with Gasteiger partial charge in [0.2, 0.25) is 0 Å². The summed E-state index contributed by atoms with van der Waals surface area (Å²) < 4.78 is 0. The monoisotopic (exact) mass is 371 g/mol. The Balaban J connectivity index is 1.61. The highest BCUT2D eigenvalue weighted by Gasteiger charge is 2.12. The molecule has 0 heterocycles. The van der Waals surface area contributed by atoms with E-state index < -0.39 is 0 Å². The fraction of sp³-hybridized carbons (Fsp3) is 0. The van der Waals surface area contributed by atoms with Crippen LogP contribution in [0.25, 0.3) is 21.9 Å². The summed E-state index contributed by atoms with van der Waals surface area (Å²) in [7, 11) is 0. The van der Waals surface area contributed by atoms with Gasteiger partial charge in [0, 0.05) is 17.1 Å². The predicted octanol–water partition coefficient (Wildman–Crippen LogP) is 7.98. The minimum atomic E-state index is 1.14. The zero-order valence-corrected chi connectivity index (χ0v) is 16.1. The number of fused-ring (bicyclic) bond motifs is 1. The lowest BCUT2D eigenvalue weighted by Crippen LogP contribution is -2.09. The van der Waals surface area contributed by atoms with E-state index in [2.05, 4.69) is 132 Å². The van der Waals surface area contributed by atoms with E-state index in [-0.39, 0.29) is 0 Å². The van der Waals surface area contributed by atoms with Crippen LogP contribution in [0.5, 0.6) is 0 Å². The molecule has 0 aliphatic rings. The largest absolute Gasteiger partial charge is 0.310 e. The molecule has 29 heavy (non-hydrogen) atoms. The van der Waals surface area contributed by atoms with E-state index in [0.29, 0.717) is 0 Å². The van der Waals surface area contributed by atoms with Gasteiger partial charge in [0.1, 0.15) is 0 Å². The molecule has 0 bridgehead atoms. The van der Waals surface area contributed by atoms with Crippen molar-refractivity contribution in [2.45, 2.75) is 0 Å². The Hall–Kier alpha value is -3.84. The van der Waals surface area contributed by atoms with Gasteiger partial charge in [-0.3, -0.25) is 0 Å². The highest BCUT2D eigenvalue weighted by Crippen LogP contribution is 2.36. The summed E-state index contributed by atoms with van der Waals surface area (Å²) in [5.41, 5.74) is 5.90. The number of nitrogens with zero attached hydrogens (tertiary/aromatic N) is 1. The standard InChI is InChI=1S/C28H21N/c1-3-9-22(10-4-1)24-15-18-27(19-16-24)29(26-13-5-2-6-14-26)28-20-17-23-11-7-8-12-25(23)21-28/h1-21H. The molecule has 0 N–H and O–H groups in total. The third kappa shape index (κ3) is 3.51. The summed E-state index contributed by atoms with van der Waals surface area (Å²) in [6.07, 6.45) is 0. The van der Waals surface area contributed by atoms with Crippen LogP contribution in [0.4, 0.5) is 17.1 Å². The van der Waals surface area contributed by atoms with Crippen molar-refractivity contribution in [2.24, 2.45) is 0 Å². The molecule has 1 heteroatoms. The maximum absolute atomic E-state index is 2.31. The highest BCUT2D eigenvalue weighted by atomic mass is 15.1. The first-order chi connectivity index (χ1) is 14.4. The molecule has 0 fully saturated rings. The lowest BCUT2D eigenvalue weighted by molar-refractivity contribution is 1.29. The van der Waals surface area contributed by atoms with Gasteiger partial charge in [0.25, 0.3) is 0 Å². The van der Waals surface area contributed by atoms with Crippen LogP contribution < -0.4 is 4.90 Å². The fourth-order valence-electron chi connectivity index (χ4n) is 3.77. The molecular formula is C28H21N. The van der Waals surface area contributed by atoms with Crippen molar-refractivity contribution in [3.63, 3.8) is 0 Å². The Morgan fingerprint density at radius 3 is 1.59 bits per heavy atom. The number of hydrogen-bond donors (Lipinski definition) is 0. The molecule has 5 aromatic rings.